The van der Waals surface area contributed by atoms with Crippen LogP contribution in [-0.2, 0) is 6.54 Å². The molecule has 0 aliphatic heterocycles. The van der Waals surface area contributed by atoms with E-state index in [0.29, 0.717) is 6.04 Å². The van der Waals surface area contributed by atoms with E-state index in [1.165, 1.54) is 0 Å². The van der Waals surface area contributed by atoms with E-state index in [9.17, 15) is 0 Å². The maximum Gasteiger partial charge on any atom is 0.125 e. The van der Waals surface area contributed by atoms with Gasteiger partial charge in [-0.25, -0.2) is 9.97 Å². The molecular formula is C10H15N3. The Morgan fingerprint density at radius 3 is 3.08 bits per heavy atom. The quantitative estimate of drug-likeness (QED) is 0.707. The molecule has 0 aromatic carbocycles. The van der Waals surface area contributed by atoms with Crippen molar-refractivity contribution in [3.05, 3.63) is 36.4 Å². The van der Waals surface area contributed by atoms with E-state index >= 15 is 0 Å². The van der Waals surface area contributed by atoms with Gasteiger partial charge < -0.3 is 5.32 Å². The molecule has 3 nitrogen and oxygen atoms in total. The monoisotopic (exact) mass is 177 g/mol. The minimum absolute atomic E-state index is 0.315. The third-order valence-electron chi connectivity index (χ3n) is 1.79. The molecule has 0 saturated carbocycles. The van der Waals surface area contributed by atoms with Crippen molar-refractivity contribution in [3.8, 4) is 0 Å². The molecule has 0 spiro atoms. The lowest BCUT2D eigenvalue weighted by Crippen LogP contribution is -2.23. The highest BCUT2D eigenvalue weighted by molar-refractivity contribution is 5.01. The number of nitrogens with one attached hydrogen (secondary N) is 1. The summed E-state index contributed by atoms with van der Waals surface area (Å²) in [6, 6.07) is 2.23. The molecule has 0 amide bonds. The second-order valence-electron chi connectivity index (χ2n) is 3.00. The average Bonchev–Trinajstić information content (AvgIpc) is 2.14. The molecule has 1 unspecified atom stereocenters. The number of rotatable bonds is 4. The zero-order valence-corrected chi connectivity index (χ0v) is 8.12. The molecular weight excluding hydrogens is 162 g/mol. The Kier molecular flexibility index (Phi) is 3.58. The molecule has 0 aliphatic carbocycles. The highest BCUT2D eigenvalue weighted by Crippen LogP contribution is 1.95. The Bertz CT molecular complexity index is 283. The van der Waals surface area contributed by atoms with Crippen LogP contribution in [0.4, 0.5) is 0 Å². The number of hydrogen-bond acceptors (Lipinski definition) is 3. The molecule has 1 aromatic rings. The van der Waals surface area contributed by atoms with Crippen molar-refractivity contribution in [3.63, 3.8) is 0 Å². The molecule has 1 N–H and O–H groups in total. The summed E-state index contributed by atoms with van der Waals surface area (Å²) in [5.74, 6) is 0.811. The summed E-state index contributed by atoms with van der Waals surface area (Å²) in [6.07, 6.45) is 3.64. The number of nitrogens with zero attached hydrogens (tertiary/aromatic N) is 2. The van der Waals surface area contributed by atoms with E-state index in [0.717, 1.165) is 18.1 Å². The van der Waals surface area contributed by atoms with Gasteiger partial charge in [-0.05, 0) is 19.9 Å². The van der Waals surface area contributed by atoms with E-state index in [-0.39, 0.29) is 0 Å². The molecule has 3 heteroatoms. The molecule has 0 aliphatic rings. The summed E-state index contributed by atoms with van der Waals surface area (Å²) >= 11 is 0. The lowest BCUT2D eigenvalue weighted by Gasteiger charge is -2.07. The lowest BCUT2D eigenvalue weighted by atomic mass is 10.3. The fraction of sp³-hybridized carbons (Fsp3) is 0.400. The summed E-state index contributed by atoms with van der Waals surface area (Å²) in [7, 11) is 0. The molecule has 13 heavy (non-hydrogen) atoms. The van der Waals surface area contributed by atoms with Gasteiger partial charge in [-0.1, -0.05) is 6.08 Å². The third kappa shape index (κ3) is 3.34. The Morgan fingerprint density at radius 1 is 1.69 bits per heavy atom. The summed E-state index contributed by atoms with van der Waals surface area (Å²) in [5.41, 5.74) is 1.02. The van der Waals surface area contributed by atoms with E-state index in [1.54, 1.807) is 6.20 Å². The molecule has 0 saturated heterocycles. The van der Waals surface area contributed by atoms with Crippen molar-refractivity contribution in [2.24, 2.45) is 0 Å². The molecule has 1 aromatic heterocycles. The Labute approximate surface area is 78.9 Å². The summed E-state index contributed by atoms with van der Waals surface area (Å²) in [5, 5.41) is 3.27. The van der Waals surface area contributed by atoms with Gasteiger partial charge in [-0.2, -0.15) is 0 Å². The number of aryl methyl sites for hydroxylation is 1. The smallest absolute Gasteiger partial charge is 0.125 e. The first-order valence-corrected chi connectivity index (χ1v) is 4.37. The van der Waals surface area contributed by atoms with Crippen molar-refractivity contribution in [2.75, 3.05) is 0 Å². The predicted molar refractivity (Wildman–Crippen MR) is 53.3 cm³/mol. The Hall–Kier alpha value is -1.22. The van der Waals surface area contributed by atoms with Crippen LogP contribution in [0.25, 0.3) is 0 Å². The van der Waals surface area contributed by atoms with E-state index in [4.69, 9.17) is 0 Å². The van der Waals surface area contributed by atoms with Crippen molar-refractivity contribution < 1.29 is 0 Å². The van der Waals surface area contributed by atoms with E-state index < -0.39 is 0 Å². The van der Waals surface area contributed by atoms with Crippen molar-refractivity contribution in [2.45, 2.75) is 26.4 Å². The zero-order chi connectivity index (χ0) is 9.68. The van der Waals surface area contributed by atoms with E-state index in [1.807, 2.05) is 19.1 Å². The first kappa shape index (κ1) is 9.86. The minimum atomic E-state index is 0.315. The largest absolute Gasteiger partial charge is 0.305 e. The second-order valence-corrected chi connectivity index (χ2v) is 3.00. The Morgan fingerprint density at radius 2 is 2.46 bits per heavy atom. The fourth-order valence-electron chi connectivity index (χ4n) is 0.952. The third-order valence-corrected chi connectivity index (χ3v) is 1.79. The van der Waals surface area contributed by atoms with Crippen LogP contribution in [0.15, 0.2) is 24.9 Å². The van der Waals surface area contributed by atoms with Crippen LogP contribution in [-0.4, -0.2) is 16.0 Å². The summed E-state index contributed by atoms with van der Waals surface area (Å²) in [6.45, 7) is 8.40. The van der Waals surface area contributed by atoms with Crippen LogP contribution < -0.4 is 5.32 Å². The Balaban J connectivity index is 2.49. The minimum Gasteiger partial charge on any atom is -0.305 e. The van der Waals surface area contributed by atoms with Gasteiger partial charge in [-0.3, -0.25) is 0 Å². The molecule has 70 valence electrons. The fourth-order valence-corrected chi connectivity index (χ4v) is 0.952. The van der Waals surface area contributed by atoms with Gasteiger partial charge in [0.1, 0.15) is 5.82 Å². The first-order chi connectivity index (χ1) is 6.22. The maximum atomic E-state index is 4.27. The normalized spacial score (nSPS) is 12.5. The van der Waals surface area contributed by atoms with Gasteiger partial charge in [0.25, 0.3) is 0 Å². The number of aromatic nitrogens is 2. The summed E-state index contributed by atoms with van der Waals surface area (Å²) in [4.78, 5) is 8.30. The first-order valence-electron chi connectivity index (χ1n) is 4.37. The van der Waals surface area contributed by atoms with Crippen LogP contribution in [0.1, 0.15) is 18.4 Å². The van der Waals surface area contributed by atoms with Gasteiger partial charge in [0, 0.05) is 18.8 Å². The SMILES string of the molecule is C=CC(C)NCc1ccnc(C)n1. The molecule has 0 bridgehead atoms. The van der Waals surface area contributed by atoms with Crippen LogP contribution in [0.3, 0.4) is 0 Å². The van der Waals surface area contributed by atoms with Gasteiger partial charge in [0.2, 0.25) is 0 Å². The molecule has 0 fully saturated rings. The van der Waals surface area contributed by atoms with Gasteiger partial charge >= 0.3 is 0 Å². The second kappa shape index (κ2) is 4.72. The van der Waals surface area contributed by atoms with Crippen molar-refractivity contribution in [1.29, 1.82) is 0 Å². The van der Waals surface area contributed by atoms with Gasteiger partial charge in [0.15, 0.2) is 0 Å². The van der Waals surface area contributed by atoms with Crippen LogP contribution >= 0.6 is 0 Å². The van der Waals surface area contributed by atoms with Gasteiger partial charge in [0.05, 0.1) is 5.69 Å². The maximum absolute atomic E-state index is 4.27. The molecule has 1 rings (SSSR count). The standard InChI is InChI=1S/C10H15N3/c1-4-8(2)12-7-10-5-6-11-9(3)13-10/h4-6,8,12H,1,7H2,2-3H3. The van der Waals surface area contributed by atoms with Crippen LogP contribution in [0.5, 0.6) is 0 Å². The summed E-state index contributed by atoms with van der Waals surface area (Å²) < 4.78 is 0. The van der Waals surface area contributed by atoms with Gasteiger partial charge in [-0.15, -0.1) is 6.58 Å². The van der Waals surface area contributed by atoms with E-state index in [2.05, 4.69) is 28.8 Å². The lowest BCUT2D eigenvalue weighted by molar-refractivity contribution is 0.622. The topological polar surface area (TPSA) is 37.8 Å². The molecule has 0 radical (unpaired) electrons. The highest BCUT2D eigenvalue weighted by atomic mass is 14.9. The molecule has 1 heterocycles. The van der Waals surface area contributed by atoms with Crippen molar-refractivity contribution in [1.82, 2.24) is 15.3 Å². The van der Waals surface area contributed by atoms with Crippen molar-refractivity contribution >= 4 is 0 Å². The van der Waals surface area contributed by atoms with Crippen LogP contribution in [0, 0.1) is 6.92 Å². The number of hydrogen-bond donors (Lipinski definition) is 1. The zero-order valence-electron chi connectivity index (χ0n) is 8.12. The average molecular weight is 177 g/mol. The van der Waals surface area contributed by atoms with Crippen LogP contribution in [0.2, 0.25) is 0 Å². The molecule has 1 atom stereocenters. The predicted octanol–water partition coefficient (Wildman–Crippen LogP) is 1.45. The highest BCUT2D eigenvalue weighted by Gasteiger charge is 1.97.